The van der Waals surface area contributed by atoms with Crippen molar-refractivity contribution in [3.8, 4) is 0 Å². The Kier molecular flexibility index (Phi) is 7.47. The van der Waals surface area contributed by atoms with Crippen molar-refractivity contribution in [3.05, 3.63) is 65.5 Å². The molecule has 2 heterocycles. The number of nitrogens with zero attached hydrogens (tertiary/aromatic N) is 3. The molecule has 0 unspecified atom stereocenters. The lowest BCUT2D eigenvalue weighted by atomic mass is 10.2. The fourth-order valence-electron chi connectivity index (χ4n) is 4.07. The molecule has 2 aromatic rings. The summed E-state index contributed by atoms with van der Waals surface area (Å²) in [7, 11) is 0. The van der Waals surface area contributed by atoms with Crippen LogP contribution in [0.4, 0.5) is 29.3 Å². The largest absolute Gasteiger partial charge is 0.442 e. The number of amides is 3. The highest BCUT2D eigenvalue weighted by Crippen LogP contribution is 2.28. The minimum Gasteiger partial charge on any atom is -0.442 e. The summed E-state index contributed by atoms with van der Waals surface area (Å²) in [6.45, 7) is 3.23. The van der Waals surface area contributed by atoms with Crippen molar-refractivity contribution in [1.82, 2.24) is 10.2 Å². The van der Waals surface area contributed by atoms with Crippen molar-refractivity contribution in [1.29, 1.82) is 0 Å². The molecule has 2 saturated heterocycles. The molecule has 2 aromatic carbocycles. The van der Waals surface area contributed by atoms with Crippen LogP contribution in [-0.2, 0) is 14.3 Å². The molecule has 0 saturated carbocycles. The molecule has 190 valence electrons. The Bertz CT molecular complexity index is 1200. The van der Waals surface area contributed by atoms with Crippen molar-refractivity contribution in [3.63, 3.8) is 0 Å². The fraction of sp³-hybridized carbons (Fsp3) is 0.320. The van der Waals surface area contributed by atoms with Gasteiger partial charge < -0.3 is 19.9 Å². The van der Waals surface area contributed by atoms with Gasteiger partial charge in [0.15, 0.2) is 11.6 Å². The van der Waals surface area contributed by atoms with Gasteiger partial charge >= 0.3 is 6.09 Å². The lowest BCUT2D eigenvalue weighted by Gasteiger charge is -2.36. The van der Waals surface area contributed by atoms with Gasteiger partial charge in [-0.15, -0.1) is 0 Å². The summed E-state index contributed by atoms with van der Waals surface area (Å²) < 4.78 is 46.5. The molecule has 4 rings (SSSR count). The van der Waals surface area contributed by atoms with E-state index in [-0.39, 0.29) is 24.9 Å². The van der Waals surface area contributed by atoms with Crippen LogP contribution in [0.2, 0.25) is 0 Å². The van der Waals surface area contributed by atoms with E-state index in [4.69, 9.17) is 4.74 Å². The van der Waals surface area contributed by atoms with E-state index in [1.54, 1.807) is 17.0 Å². The number of piperazine rings is 1. The zero-order chi connectivity index (χ0) is 25.8. The molecule has 2 fully saturated rings. The third kappa shape index (κ3) is 5.78. The maximum atomic E-state index is 15.0. The van der Waals surface area contributed by atoms with Gasteiger partial charge in [0.05, 0.1) is 24.5 Å². The third-order valence-electron chi connectivity index (χ3n) is 5.99. The van der Waals surface area contributed by atoms with Crippen molar-refractivity contribution in [2.45, 2.75) is 13.0 Å². The Labute approximate surface area is 205 Å². The molecule has 0 aliphatic carbocycles. The molecular weight excluding hydrogens is 477 g/mol. The van der Waals surface area contributed by atoms with E-state index in [1.165, 1.54) is 36.1 Å². The third-order valence-corrected chi connectivity index (χ3v) is 5.99. The Morgan fingerprint density at radius 1 is 1.03 bits per heavy atom. The molecule has 1 atom stereocenters. The first-order valence-electron chi connectivity index (χ1n) is 11.4. The predicted octanol–water partition coefficient (Wildman–Crippen LogP) is 2.93. The Morgan fingerprint density at radius 2 is 1.78 bits per heavy atom. The van der Waals surface area contributed by atoms with Crippen LogP contribution in [0.1, 0.15) is 12.5 Å². The van der Waals surface area contributed by atoms with Gasteiger partial charge in [-0.2, -0.15) is 0 Å². The standard InChI is InChI=1S/C25H25F3N4O4/c1-16(33)29-14-19-15-32(25(35)36-19)18-4-6-23(22(28)13-18)30-8-10-31(11-9-30)24(34)7-3-17-2-5-20(26)21(27)12-17/h2-7,12-13,19H,8-11,14-15H2,1H3,(H,29,33)/t19-/m0/s1. The zero-order valence-corrected chi connectivity index (χ0v) is 19.5. The Hall–Kier alpha value is -4.02. The summed E-state index contributed by atoms with van der Waals surface area (Å²) in [4.78, 5) is 40.4. The highest BCUT2D eigenvalue weighted by molar-refractivity contribution is 5.92. The molecule has 0 radical (unpaired) electrons. The van der Waals surface area contributed by atoms with Gasteiger partial charge in [0.2, 0.25) is 11.8 Å². The quantitative estimate of drug-likeness (QED) is 0.615. The average molecular weight is 502 g/mol. The topological polar surface area (TPSA) is 82.2 Å². The zero-order valence-electron chi connectivity index (χ0n) is 19.5. The average Bonchev–Trinajstić information content (AvgIpc) is 3.23. The van der Waals surface area contributed by atoms with Crippen LogP contribution in [0, 0.1) is 17.5 Å². The van der Waals surface area contributed by atoms with Crippen LogP contribution in [0.25, 0.3) is 6.08 Å². The molecule has 3 amide bonds. The van der Waals surface area contributed by atoms with E-state index < -0.39 is 29.6 Å². The first kappa shape index (κ1) is 25.1. The first-order valence-corrected chi connectivity index (χ1v) is 11.4. The monoisotopic (exact) mass is 502 g/mol. The van der Waals surface area contributed by atoms with Crippen LogP contribution < -0.4 is 15.1 Å². The van der Waals surface area contributed by atoms with E-state index in [9.17, 15) is 27.6 Å². The van der Waals surface area contributed by atoms with Crippen molar-refractivity contribution >= 4 is 35.4 Å². The summed E-state index contributed by atoms with van der Waals surface area (Å²) in [6, 6.07) is 7.85. The van der Waals surface area contributed by atoms with Crippen LogP contribution in [0.5, 0.6) is 0 Å². The second kappa shape index (κ2) is 10.7. The van der Waals surface area contributed by atoms with Gasteiger partial charge in [-0.3, -0.25) is 14.5 Å². The maximum absolute atomic E-state index is 15.0. The number of anilines is 2. The minimum absolute atomic E-state index is 0.178. The summed E-state index contributed by atoms with van der Waals surface area (Å²) in [5.74, 6) is -2.97. The van der Waals surface area contributed by atoms with Crippen molar-refractivity contribution in [2.75, 3.05) is 49.1 Å². The normalized spacial score (nSPS) is 18.1. The number of nitrogens with one attached hydrogen (secondary N) is 1. The maximum Gasteiger partial charge on any atom is 0.414 e. The van der Waals surface area contributed by atoms with Gasteiger partial charge in [0.1, 0.15) is 11.9 Å². The highest BCUT2D eigenvalue weighted by atomic mass is 19.2. The second-order valence-electron chi connectivity index (χ2n) is 8.51. The van der Waals surface area contributed by atoms with Crippen LogP contribution in [-0.4, -0.2) is 68.2 Å². The number of halogens is 3. The molecule has 0 aromatic heterocycles. The van der Waals surface area contributed by atoms with E-state index in [2.05, 4.69) is 5.32 Å². The van der Waals surface area contributed by atoms with E-state index in [0.717, 1.165) is 12.1 Å². The smallest absolute Gasteiger partial charge is 0.414 e. The SMILES string of the molecule is CC(=O)NC[C@H]1CN(c2ccc(N3CCN(C(=O)C=Cc4ccc(F)c(F)c4)CC3)c(F)c2)C(=O)O1. The summed E-state index contributed by atoms with van der Waals surface area (Å²) in [6.07, 6.45) is 1.58. The molecule has 1 N–H and O–H groups in total. The van der Waals surface area contributed by atoms with E-state index in [1.807, 2.05) is 4.90 Å². The van der Waals surface area contributed by atoms with Gasteiger partial charge in [0, 0.05) is 39.2 Å². The molecule has 8 nitrogen and oxygen atoms in total. The lowest BCUT2D eigenvalue weighted by molar-refractivity contribution is -0.126. The van der Waals surface area contributed by atoms with E-state index >= 15 is 0 Å². The Balaban J connectivity index is 1.33. The number of carbonyl (C=O) groups is 3. The van der Waals surface area contributed by atoms with Crippen LogP contribution in [0.3, 0.4) is 0 Å². The molecule has 0 bridgehead atoms. The number of rotatable bonds is 6. The number of hydrogen-bond acceptors (Lipinski definition) is 5. The lowest BCUT2D eigenvalue weighted by Crippen LogP contribution is -2.48. The molecule has 0 spiro atoms. The number of carbonyl (C=O) groups excluding carboxylic acids is 3. The molecule has 11 heteroatoms. The second-order valence-corrected chi connectivity index (χ2v) is 8.51. The number of ether oxygens (including phenoxy) is 1. The molecular formula is C25H25F3N4O4. The number of hydrogen-bond donors (Lipinski definition) is 1. The van der Waals surface area contributed by atoms with Crippen molar-refractivity contribution < 1.29 is 32.3 Å². The molecule has 2 aliphatic rings. The van der Waals surface area contributed by atoms with Crippen LogP contribution >= 0.6 is 0 Å². The fourth-order valence-corrected chi connectivity index (χ4v) is 4.07. The predicted molar refractivity (Wildman–Crippen MR) is 127 cm³/mol. The number of cyclic esters (lactones) is 1. The van der Waals surface area contributed by atoms with Crippen molar-refractivity contribution in [2.24, 2.45) is 0 Å². The number of benzene rings is 2. The molecule has 36 heavy (non-hydrogen) atoms. The van der Waals surface area contributed by atoms with Gasteiger partial charge in [-0.25, -0.2) is 18.0 Å². The Morgan fingerprint density at radius 3 is 2.44 bits per heavy atom. The summed E-state index contributed by atoms with van der Waals surface area (Å²) in [5.41, 5.74) is 1.07. The first-order chi connectivity index (χ1) is 17.2. The summed E-state index contributed by atoms with van der Waals surface area (Å²) >= 11 is 0. The highest BCUT2D eigenvalue weighted by Gasteiger charge is 2.33. The van der Waals surface area contributed by atoms with Crippen LogP contribution in [0.15, 0.2) is 42.5 Å². The van der Waals surface area contributed by atoms with Gasteiger partial charge in [-0.1, -0.05) is 6.07 Å². The van der Waals surface area contributed by atoms with Gasteiger partial charge in [0.25, 0.3) is 0 Å². The molecule has 2 aliphatic heterocycles. The van der Waals surface area contributed by atoms with E-state index in [0.29, 0.717) is 43.1 Å². The van der Waals surface area contributed by atoms with Gasteiger partial charge in [-0.05, 0) is 42.0 Å². The summed E-state index contributed by atoms with van der Waals surface area (Å²) in [5, 5.41) is 2.59. The minimum atomic E-state index is -0.988.